The number of methoxy groups -OCH3 is 1. The van der Waals surface area contributed by atoms with Crippen LogP contribution in [0.2, 0.25) is 5.15 Å². The summed E-state index contributed by atoms with van der Waals surface area (Å²) in [6.07, 6.45) is -5.70. The lowest BCUT2D eigenvalue weighted by molar-refractivity contribution is -0.137. The molecule has 2 N–H and O–H groups in total. The van der Waals surface area contributed by atoms with Crippen molar-refractivity contribution in [1.82, 2.24) is 29.9 Å². The predicted octanol–water partition coefficient (Wildman–Crippen LogP) is 5.57. The smallest absolute Gasteiger partial charge is 0.377 e. The van der Waals surface area contributed by atoms with Gasteiger partial charge in [0.05, 0.1) is 47.1 Å². The average molecular weight is 543 g/mol. The van der Waals surface area contributed by atoms with E-state index in [4.69, 9.17) is 16.3 Å². The van der Waals surface area contributed by atoms with Crippen molar-refractivity contribution in [1.29, 1.82) is 0 Å². The van der Waals surface area contributed by atoms with E-state index in [1.54, 1.807) is 19.1 Å². The Morgan fingerprint density at radius 1 is 1.14 bits per heavy atom. The van der Waals surface area contributed by atoms with Crippen LogP contribution in [-0.2, 0) is 10.9 Å². The van der Waals surface area contributed by atoms with Crippen LogP contribution < -0.4 is 10.6 Å². The zero-order chi connectivity index (χ0) is 26.9. The Kier molecular flexibility index (Phi) is 7.18. The van der Waals surface area contributed by atoms with E-state index < -0.39 is 41.8 Å². The van der Waals surface area contributed by atoms with Gasteiger partial charge < -0.3 is 15.4 Å². The number of ether oxygens (including phenoxy) is 1. The van der Waals surface area contributed by atoms with Gasteiger partial charge in [0.15, 0.2) is 5.82 Å². The second kappa shape index (κ2) is 10.2. The van der Waals surface area contributed by atoms with Crippen LogP contribution in [0.5, 0.6) is 0 Å². The van der Waals surface area contributed by atoms with Crippen LogP contribution in [0, 0.1) is 0 Å². The summed E-state index contributed by atoms with van der Waals surface area (Å²) in [6, 6.07) is 2.82. The molecule has 0 bridgehead atoms. The van der Waals surface area contributed by atoms with Crippen molar-refractivity contribution in [3.8, 4) is 5.82 Å². The number of urea groups is 1. The van der Waals surface area contributed by atoms with Crippen LogP contribution in [0.3, 0.4) is 0 Å². The first-order chi connectivity index (χ1) is 17.5. The van der Waals surface area contributed by atoms with Crippen molar-refractivity contribution >= 4 is 40.0 Å². The second-order valence-corrected chi connectivity index (χ2v) is 7.88. The third kappa shape index (κ3) is 5.56. The summed E-state index contributed by atoms with van der Waals surface area (Å²) in [5.74, 6) is -0.844. The maximum Gasteiger partial charge on any atom is 0.420 e. The van der Waals surface area contributed by atoms with E-state index in [-0.39, 0.29) is 16.5 Å². The van der Waals surface area contributed by atoms with Gasteiger partial charge in [-0.1, -0.05) is 11.6 Å². The van der Waals surface area contributed by atoms with Crippen molar-refractivity contribution in [2.75, 3.05) is 17.7 Å². The molecule has 0 radical (unpaired) electrons. The quantitative estimate of drug-likeness (QED) is 0.241. The summed E-state index contributed by atoms with van der Waals surface area (Å²) in [5.41, 5.74) is -1.07. The number of carbonyl (C=O) groups is 1. The molecule has 4 rings (SSSR count). The molecule has 0 fully saturated rings. The number of pyridine rings is 3. The summed E-state index contributed by atoms with van der Waals surface area (Å²) in [4.78, 5) is 25.1. The Morgan fingerprint density at radius 3 is 2.54 bits per heavy atom. The third-order valence-electron chi connectivity index (χ3n) is 5.08. The number of halogens is 6. The SMILES string of the molecule is CO[C@@H](C)c1c(NC(=O)Nc2cnc(-n3ncc(C(F)F)n3)c(C(F)(F)F)c2)cnc2ccc(Cl)nc12. The number of nitrogens with zero attached hydrogens (tertiary/aromatic N) is 6. The van der Waals surface area contributed by atoms with Crippen molar-refractivity contribution < 1.29 is 31.5 Å². The minimum Gasteiger partial charge on any atom is -0.377 e. The first kappa shape index (κ1) is 26.1. The minimum absolute atomic E-state index is 0.176. The molecule has 2 amide bonds. The summed E-state index contributed by atoms with van der Waals surface area (Å²) < 4.78 is 72.0. The molecule has 0 saturated heterocycles. The Balaban J connectivity index is 1.64. The van der Waals surface area contributed by atoms with Gasteiger partial charge in [0.1, 0.15) is 16.4 Å². The van der Waals surface area contributed by atoms with Crippen molar-refractivity contribution in [2.45, 2.75) is 25.6 Å². The zero-order valence-electron chi connectivity index (χ0n) is 18.9. The van der Waals surface area contributed by atoms with Crippen molar-refractivity contribution in [3.05, 3.63) is 58.8 Å². The van der Waals surface area contributed by atoms with Crippen molar-refractivity contribution in [2.24, 2.45) is 0 Å². The highest BCUT2D eigenvalue weighted by Gasteiger charge is 2.36. The Labute approximate surface area is 209 Å². The van der Waals surface area contributed by atoms with E-state index in [2.05, 4.69) is 35.8 Å². The lowest BCUT2D eigenvalue weighted by Crippen LogP contribution is -2.22. The summed E-state index contributed by atoms with van der Waals surface area (Å²) in [7, 11) is 1.44. The monoisotopic (exact) mass is 542 g/mol. The highest BCUT2D eigenvalue weighted by atomic mass is 35.5. The van der Waals surface area contributed by atoms with Gasteiger partial charge >= 0.3 is 12.2 Å². The number of alkyl halides is 5. The Hall–Kier alpha value is -3.98. The molecule has 0 aliphatic carbocycles. The zero-order valence-corrected chi connectivity index (χ0v) is 19.6. The van der Waals surface area contributed by atoms with Gasteiger partial charge in [0, 0.05) is 12.7 Å². The standard InChI is InChI=1S/C21H16ClF5N8O2/c1-9(37-2)16-13(7-28-12-3-4-15(22)33-17(12)16)32-20(36)31-10-5-11(21(25,26)27)19(29-6-10)35-30-8-14(34-35)18(23)24/h3-9,18H,1-2H3,(H2,31,32,36)/t9-/m0/s1. The van der Waals surface area contributed by atoms with Crippen molar-refractivity contribution in [3.63, 3.8) is 0 Å². The molecule has 4 aromatic heterocycles. The van der Waals surface area contributed by atoms with Crippen LogP contribution in [0.1, 0.15) is 36.3 Å². The van der Waals surface area contributed by atoms with E-state index in [1.165, 1.54) is 13.3 Å². The van der Waals surface area contributed by atoms with Crippen LogP contribution >= 0.6 is 11.6 Å². The second-order valence-electron chi connectivity index (χ2n) is 7.50. The molecule has 37 heavy (non-hydrogen) atoms. The first-order valence-electron chi connectivity index (χ1n) is 10.3. The Morgan fingerprint density at radius 2 is 1.89 bits per heavy atom. The molecule has 1 atom stereocenters. The number of carbonyl (C=O) groups excluding carboxylic acids is 1. The van der Waals surface area contributed by atoms with E-state index in [1.807, 2.05) is 0 Å². The third-order valence-corrected chi connectivity index (χ3v) is 5.29. The lowest BCUT2D eigenvalue weighted by Gasteiger charge is -2.18. The number of nitrogens with one attached hydrogen (secondary N) is 2. The van der Waals surface area contributed by atoms with Gasteiger partial charge in [-0.05, 0) is 25.1 Å². The van der Waals surface area contributed by atoms with E-state index >= 15 is 0 Å². The molecular weight excluding hydrogens is 527 g/mol. The van der Waals surface area contributed by atoms with Gasteiger partial charge in [-0.2, -0.15) is 18.3 Å². The number of anilines is 2. The molecular formula is C21H16ClF5N8O2. The number of rotatable bonds is 6. The molecule has 0 aliphatic heterocycles. The highest BCUT2D eigenvalue weighted by Crippen LogP contribution is 2.35. The number of amides is 2. The molecule has 0 aliphatic rings. The van der Waals surface area contributed by atoms with Crippen LogP contribution in [0.25, 0.3) is 16.9 Å². The van der Waals surface area contributed by atoms with Gasteiger partial charge in [-0.15, -0.1) is 9.90 Å². The molecule has 0 spiro atoms. The van der Waals surface area contributed by atoms with Gasteiger partial charge in [-0.25, -0.2) is 23.5 Å². The minimum atomic E-state index is -4.97. The summed E-state index contributed by atoms with van der Waals surface area (Å²) in [5, 5.41) is 11.7. The predicted molar refractivity (Wildman–Crippen MR) is 122 cm³/mol. The number of hydrogen-bond donors (Lipinski definition) is 2. The molecule has 0 saturated carbocycles. The lowest BCUT2D eigenvalue weighted by atomic mass is 10.1. The number of hydrogen-bond acceptors (Lipinski definition) is 7. The normalized spacial score (nSPS) is 12.7. The van der Waals surface area contributed by atoms with Gasteiger partial charge in [0.2, 0.25) is 0 Å². The number of fused-ring (bicyclic) bond motifs is 1. The first-order valence-corrected chi connectivity index (χ1v) is 10.7. The average Bonchev–Trinajstić information content (AvgIpc) is 3.33. The maximum atomic E-state index is 13.7. The molecule has 4 heterocycles. The maximum absolute atomic E-state index is 13.7. The van der Waals surface area contributed by atoms with E-state index in [9.17, 15) is 26.7 Å². The molecule has 4 aromatic rings. The van der Waals surface area contributed by atoms with Gasteiger partial charge in [-0.3, -0.25) is 4.98 Å². The van der Waals surface area contributed by atoms with Crippen LogP contribution in [0.4, 0.5) is 38.1 Å². The van der Waals surface area contributed by atoms with E-state index in [0.717, 1.165) is 6.20 Å². The molecule has 10 nitrogen and oxygen atoms in total. The molecule has 194 valence electrons. The molecule has 0 unspecified atom stereocenters. The fourth-order valence-corrected chi connectivity index (χ4v) is 3.49. The summed E-state index contributed by atoms with van der Waals surface area (Å²) in [6.45, 7) is 1.70. The molecule has 16 heteroatoms. The van der Waals surface area contributed by atoms with Crippen LogP contribution in [0.15, 0.2) is 36.8 Å². The fraction of sp³-hybridized carbons (Fsp3) is 0.238. The largest absolute Gasteiger partial charge is 0.420 e. The highest BCUT2D eigenvalue weighted by molar-refractivity contribution is 6.29. The topological polar surface area (TPSA) is 120 Å². The molecule has 0 aromatic carbocycles. The number of aromatic nitrogens is 6. The summed E-state index contributed by atoms with van der Waals surface area (Å²) >= 11 is 6.00. The fourth-order valence-electron chi connectivity index (χ4n) is 3.35. The van der Waals surface area contributed by atoms with E-state index in [0.29, 0.717) is 33.7 Å². The van der Waals surface area contributed by atoms with Crippen LogP contribution in [-0.4, -0.2) is 43.1 Å². The van der Waals surface area contributed by atoms with Gasteiger partial charge in [0.25, 0.3) is 6.43 Å². The Bertz CT molecular complexity index is 1460.